The van der Waals surface area contributed by atoms with Crippen LogP contribution in [0.4, 0.5) is 4.79 Å². The molecule has 76 valence electrons. The van der Waals surface area contributed by atoms with Crippen molar-refractivity contribution >= 4 is 17.8 Å². The van der Waals surface area contributed by atoms with Crippen molar-refractivity contribution in [3.63, 3.8) is 0 Å². The van der Waals surface area contributed by atoms with E-state index in [1.165, 1.54) is 6.08 Å². The van der Waals surface area contributed by atoms with Gasteiger partial charge in [-0.25, -0.2) is 4.79 Å². The van der Waals surface area contributed by atoms with Crippen LogP contribution in [0.15, 0.2) is 11.6 Å². The van der Waals surface area contributed by atoms with Crippen LogP contribution in [0.1, 0.15) is 26.2 Å². The van der Waals surface area contributed by atoms with Crippen molar-refractivity contribution in [2.24, 2.45) is 5.73 Å². The molecule has 0 saturated heterocycles. The van der Waals surface area contributed by atoms with E-state index in [-0.39, 0.29) is 0 Å². The van der Waals surface area contributed by atoms with Gasteiger partial charge in [0.25, 0.3) is 11.8 Å². The van der Waals surface area contributed by atoms with Gasteiger partial charge in [0.2, 0.25) is 0 Å². The molecule has 0 fully saturated rings. The predicted molar refractivity (Wildman–Crippen MR) is 49.0 cm³/mol. The largest absolute Gasteiger partial charge is 0.351 e. The van der Waals surface area contributed by atoms with Crippen molar-refractivity contribution in [2.45, 2.75) is 26.2 Å². The maximum atomic E-state index is 11.4. The van der Waals surface area contributed by atoms with Crippen LogP contribution in [0.25, 0.3) is 0 Å². The summed E-state index contributed by atoms with van der Waals surface area (Å²) in [6, 6.07) is -1.01. The first-order valence-electron chi connectivity index (χ1n) is 4.46. The third-order valence-electron chi connectivity index (χ3n) is 2.02. The van der Waals surface area contributed by atoms with Gasteiger partial charge in [-0.3, -0.25) is 9.59 Å². The molecule has 2 N–H and O–H groups in total. The van der Waals surface area contributed by atoms with Gasteiger partial charge in [0.05, 0.1) is 0 Å². The number of imide groups is 3. The molecule has 0 atom stereocenters. The molecule has 1 heterocycles. The Morgan fingerprint density at radius 2 is 2.14 bits per heavy atom. The highest BCUT2D eigenvalue weighted by Crippen LogP contribution is 2.17. The molecule has 14 heavy (non-hydrogen) atoms. The molecule has 1 aliphatic rings. The molecule has 0 aliphatic carbocycles. The minimum absolute atomic E-state index is 0.371. The Labute approximate surface area is 81.5 Å². The van der Waals surface area contributed by atoms with Crippen molar-refractivity contribution < 1.29 is 14.4 Å². The van der Waals surface area contributed by atoms with Gasteiger partial charge < -0.3 is 5.73 Å². The lowest BCUT2D eigenvalue weighted by molar-refractivity contribution is -0.133. The first-order chi connectivity index (χ1) is 6.57. The van der Waals surface area contributed by atoms with Crippen LogP contribution >= 0.6 is 0 Å². The van der Waals surface area contributed by atoms with E-state index in [4.69, 9.17) is 5.73 Å². The Bertz CT molecular complexity index is 320. The third kappa shape index (κ3) is 1.81. The number of carbonyl (C=O) groups excluding carboxylic acids is 3. The number of unbranched alkanes of at least 4 members (excludes halogenated alkanes) is 1. The number of nitrogens with two attached hydrogens (primary N) is 1. The highest BCUT2D eigenvalue weighted by atomic mass is 16.2. The lowest BCUT2D eigenvalue weighted by atomic mass is 10.1. The Kier molecular flexibility index (Phi) is 3.01. The SMILES string of the molecule is CCCCC1=CC(=O)N(C(N)=O)C1=O. The number of urea groups is 1. The summed E-state index contributed by atoms with van der Waals surface area (Å²) in [6.45, 7) is 1.98. The molecular weight excluding hydrogens is 184 g/mol. The molecule has 0 spiro atoms. The quantitative estimate of drug-likeness (QED) is 0.669. The molecule has 4 amide bonds. The molecule has 0 bridgehead atoms. The van der Waals surface area contributed by atoms with Crippen LogP contribution in [0.2, 0.25) is 0 Å². The first kappa shape index (κ1) is 10.4. The molecule has 5 nitrogen and oxygen atoms in total. The fraction of sp³-hybridized carbons (Fsp3) is 0.444. The van der Waals surface area contributed by atoms with E-state index in [2.05, 4.69) is 0 Å². The van der Waals surface area contributed by atoms with E-state index in [0.717, 1.165) is 12.8 Å². The maximum absolute atomic E-state index is 11.4. The van der Waals surface area contributed by atoms with E-state index >= 15 is 0 Å². The average molecular weight is 196 g/mol. The molecule has 0 saturated carbocycles. The van der Waals surface area contributed by atoms with Gasteiger partial charge in [-0.15, -0.1) is 0 Å². The average Bonchev–Trinajstić information content (AvgIpc) is 2.38. The number of hydrogen-bond donors (Lipinski definition) is 1. The minimum Gasteiger partial charge on any atom is -0.351 e. The number of carbonyl (C=O) groups is 3. The summed E-state index contributed by atoms with van der Waals surface area (Å²) in [5, 5.41) is 0. The van der Waals surface area contributed by atoms with E-state index in [1.807, 2.05) is 6.92 Å². The van der Waals surface area contributed by atoms with Crippen molar-refractivity contribution in [1.29, 1.82) is 0 Å². The summed E-state index contributed by atoms with van der Waals surface area (Å²) < 4.78 is 0. The molecule has 0 unspecified atom stereocenters. The normalized spacial score (nSPS) is 16.1. The van der Waals surface area contributed by atoms with Crippen molar-refractivity contribution in [3.05, 3.63) is 11.6 Å². The summed E-state index contributed by atoms with van der Waals surface area (Å²) in [5.74, 6) is -1.20. The second-order valence-corrected chi connectivity index (χ2v) is 3.09. The van der Waals surface area contributed by atoms with Crippen molar-refractivity contribution in [1.82, 2.24) is 4.90 Å². The molecular formula is C9H12N2O3. The monoisotopic (exact) mass is 196 g/mol. The molecule has 0 aromatic heterocycles. The van der Waals surface area contributed by atoms with Crippen molar-refractivity contribution in [2.75, 3.05) is 0 Å². The van der Waals surface area contributed by atoms with Gasteiger partial charge in [0, 0.05) is 11.6 Å². The summed E-state index contributed by atoms with van der Waals surface area (Å²) in [7, 11) is 0. The minimum atomic E-state index is -1.01. The Morgan fingerprint density at radius 3 is 2.57 bits per heavy atom. The zero-order chi connectivity index (χ0) is 10.7. The summed E-state index contributed by atoms with van der Waals surface area (Å²) in [5.41, 5.74) is 5.25. The number of nitrogens with zero attached hydrogens (tertiary/aromatic N) is 1. The standard InChI is InChI=1S/C9H12N2O3/c1-2-3-4-6-5-7(12)11(8(6)13)9(10)14/h5H,2-4H2,1H3,(H2,10,14). The molecule has 0 radical (unpaired) electrons. The highest BCUT2D eigenvalue weighted by Gasteiger charge is 2.33. The van der Waals surface area contributed by atoms with Crippen LogP contribution < -0.4 is 5.73 Å². The van der Waals surface area contributed by atoms with Gasteiger partial charge in [0.1, 0.15) is 0 Å². The first-order valence-corrected chi connectivity index (χ1v) is 4.46. The van der Waals surface area contributed by atoms with Gasteiger partial charge >= 0.3 is 6.03 Å². The van der Waals surface area contributed by atoms with Crippen LogP contribution in [0.5, 0.6) is 0 Å². The number of amides is 4. The second-order valence-electron chi connectivity index (χ2n) is 3.09. The van der Waals surface area contributed by atoms with Gasteiger partial charge in [-0.2, -0.15) is 4.90 Å². The third-order valence-corrected chi connectivity index (χ3v) is 2.02. The fourth-order valence-corrected chi connectivity index (χ4v) is 1.27. The Hall–Kier alpha value is -1.65. The number of rotatable bonds is 3. The van der Waals surface area contributed by atoms with Crippen LogP contribution in [0, 0.1) is 0 Å². The molecule has 1 rings (SSSR count). The topological polar surface area (TPSA) is 80.5 Å². The van der Waals surface area contributed by atoms with E-state index < -0.39 is 17.8 Å². The Balaban J connectivity index is 2.74. The summed E-state index contributed by atoms with van der Waals surface area (Å²) in [4.78, 5) is 33.7. The molecule has 0 aromatic carbocycles. The number of primary amides is 1. The zero-order valence-electron chi connectivity index (χ0n) is 7.95. The zero-order valence-corrected chi connectivity index (χ0v) is 7.95. The molecule has 1 aliphatic heterocycles. The highest BCUT2D eigenvalue weighted by molar-refractivity contribution is 6.24. The summed E-state index contributed by atoms with van der Waals surface area (Å²) in [6.07, 6.45) is 3.44. The van der Waals surface area contributed by atoms with Gasteiger partial charge in [-0.1, -0.05) is 13.3 Å². The predicted octanol–water partition coefficient (Wildman–Crippen LogP) is 0.551. The van der Waals surface area contributed by atoms with E-state index in [9.17, 15) is 14.4 Å². The van der Waals surface area contributed by atoms with Crippen LogP contribution in [0.3, 0.4) is 0 Å². The van der Waals surface area contributed by atoms with E-state index in [1.54, 1.807) is 0 Å². The number of hydrogen-bond acceptors (Lipinski definition) is 3. The van der Waals surface area contributed by atoms with Crippen molar-refractivity contribution in [3.8, 4) is 0 Å². The summed E-state index contributed by atoms with van der Waals surface area (Å²) >= 11 is 0. The van der Waals surface area contributed by atoms with Gasteiger partial charge in [-0.05, 0) is 12.8 Å². The van der Waals surface area contributed by atoms with Crippen LogP contribution in [-0.2, 0) is 9.59 Å². The maximum Gasteiger partial charge on any atom is 0.328 e. The smallest absolute Gasteiger partial charge is 0.328 e. The van der Waals surface area contributed by atoms with E-state index in [0.29, 0.717) is 16.9 Å². The Morgan fingerprint density at radius 1 is 1.50 bits per heavy atom. The second kappa shape index (κ2) is 4.04. The lowest BCUT2D eigenvalue weighted by Crippen LogP contribution is -2.40. The molecule has 0 aromatic rings. The van der Waals surface area contributed by atoms with Gasteiger partial charge in [0.15, 0.2) is 0 Å². The fourth-order valence-electron chi connectivity index (χ4n) is 1.27. The lowest BCUT2D eigenvalue weighted by Gasteiger charge is -2.08. The molecule has 5 heteroatoms. The van der Waals surface area contributed by atoms with Crippen LogP contribution in [-0.4, -0.2) is 22.7 Å².